The second-order valence-corrected chi connectivity index (χ2v) is 15.0. The average Bonchev–Trinajstić information content (AvgIpc) is 3.59. The molecule has 0 heterocycles. The van der Waals surface area contributed by atoms with Crippen LogP contribution in [0.4, 0.5) is 0 Å². The van der Waals surface area contributed by atoms with Crippen LogP contribution < -0.4 is 24.8 Å². The molecule has 0 saturated heterocycles. The van der Waals surface area contributed by atoms with Gasteiger partial charge in [-0.2, -0.15) is 23.3 Å². The third kappa shape index (κ3) is 7.22. The molecule has 0 spiro atoms. The molecule has 0 atom stereocenters. The molecule has 0 radical (unpaired) electrons. The quantitative estimate of drug-likeness (QED) is 0.232. The molecule has 0 aromatic heterocycles. The second-order valence-electron chi connectivity index (χ2n) is 13.2. The molecule has 43 heavy (non-hydrogen) atoms. The van der Waals surface area contributed by atoms with Gasteiger partial charge in [0.1, 0.15) is 0 Å². The Labute approximate surface area is 287 Å². The van der Waals surface area contributed by atoms with E-state index >= 15 is 0 Å². The van der Waals surface area contributed by atoms with Crippen LogP contribution >= 0.6 is 0 Å². The van der Waals surface area contributed by atoms with Gasteiger partial charge in [0, 0.05) is 5.41 Å². The van der Waals surface area contributed by atoms with Crippen molar-refractivity contribution < 1.29 is 49.0 Å². The fourth-order valence-electron chi connectivity index (χ4n) is 6.68. The van der Waals surface area contributed by atoms with Crippen LogP contribution in [0.3, 0.4) is 0 Å². The minimum Gasteiger partial charge on any atom is -1.00 e. The maximum absolute atomic E-state index is 3.65. The van der Waals surface area contributed by atoms with E-state index in [1.54, 1.807) is 0 Å². The van der Waals surface area contributed by atoms with E-state index in [-0.39, 0.29) is 35.6 Å². The fourth-order valence-corrected chi connectivity index (χ4v) is 7.09. The maximum atomic E-state index is 3.65. The zero-order valence-corrected chi connectivity index (χ0v) is 30.9. The summed E-state index contributed by atoms with van der Waals surface area (Å²) in [5.74, 6) is 0. The number of hydrogen-bond donors (Lipinski definition) is 0. The topological polar surface area (TPSA) is 0 Å². The smallest absolute Gasteiger partial charge is 0.0635 e. The molecule has 3 heteroatoms. The van der Waals surface area contributed by atoms with Gasteiger partial charge < -0.3 is 24.8 Å². The third-order valence-corrected chi connectivity index (χ3v) is 9.41. The first-order chi connectivity index (χ1) is 19.3. The van der Waals surface area contributed by atoms with Gasteiger partial charge in [0.15, 0.2) is 0 Å². The van der Waals surface area contributed by atoms with Gasteiger partial charge in [0.25, 0.3) is 0 Å². The SMILES string of the molecule is CC1=[C-]C(C)(C)c2cc3c(cc21)-c1cc2c(cc1C3)C(C)(C)C=C2C.C[C](=[Zr+2])c1ccccc1.Cc1c[cH-]c(C)c1.[Cl-].[Cl-]. The summed E-state index contributed by atoms with van der Waals surface area (Å²) in [7, 11) is 0. The van der Waals surface area contributed by atoms with E-state index in [4.69, 9.17) is 0 Å². The first kappa shape index (κ1) is 35.3. The van der Waals surface area contributed by atoms with Crippen LogP contribution in [-0.4, -0.2) is 3.21 Å². The standard InChI is InChI=1S/C25H25.C8H8.C7H9.2ClH.Zr/c1-14-12-24(3,4)22-8-16-7-17-9-23-19(15(2)13-25(23,5)6)11-21(17)20(16)10-18(14)22;1-2-8-6-4-3-5-7-8;1-6-3-4-7(2)5-6;;;/h8-12H,7H2,1-6H3;3-7H,1H3;3-5H,1-2H3;2*1H;/q-1;;-1;;;+2/p-2. The van der Waals surface area contributed by atoms with E-state index in [1.807, 2.05) is 6.07 Å². The molecule has 0 bridgehead atoms. The van der Waals surface area contributed by atoms with Crippen LogP contribution in [0, 0.1) is 19.9 Å². The van der Waals surface area contributed by atoms with E-state index in [0.717, 1.165) is 6.42 Å². The van der Waals surface area contributed by atoms with Gasteiger partial charge >= 0.3 is 70.3 Å². The predicted molar refractivity (Wildman–Crippen MR) is 174 cm³/mol. The van der Waals surface area contributed by atoms with Crippen molar-refractivity contribution in [3.63, 3.8) is 0 Å². The number of allylic oxidation sites excluding steroid dienone is 4. The van der Waals surface area contributed by atoms with Crippen LogP contribution in [0.1, 0.15) is 98.5 Å². The van der Waals surface area contributed by atoms with Gasteiger partial charge in [0.2, 0.25) is 0 Å². The summed E-state index contributed by atoms with van der Waals surface area (Å²) in [6.07, 6.45) is 7.13. The molecule has 0 aliphatic heterocycles. The minimum atomic E-state index is 0. The van der Waals surface area contributed by atoms with Crippen LogP contribution in [0.2, 0.25) is 0 Å². The van der Waals surface area contributed by atoms with Gasteiger partial charge in [-0.1, -0.05) is 72.1 Å². The van der Waals surface area contributed by atoms with E-state index < -0.39 is 0 Å². The largest absolute Gasteiger partial charge is 1.00 e. The van der Waals surface area contributed by atoms with Crippen LogP contribution in [-0.2, 0) is 41.5 Å². The average molecular weight is 685 g/mol. The number of benzene rings is 3. The molecule has 4 aromatic carbocycles. The molecule has 7 rings (SSSR count). The van der Waals surface area contributed by atoms with Crippen LogP contribution in [0.15, 0.2) is 78.9 Å². The molecule has 0 amide bonds. The van der Waals surface area contributed by atoms with Crippen molar-refractivity contribution in [2.75, 3.05) is 0 Å². The summed E-state index contributed by atoms with van der Waals surface area (Å²) in [4.78, 5) is 0. The molecular weight excluding hydrogens is 643 g/mol. The zero-order valence-electron chi connectivity index (χ0n) is 27.0. The summed E-state index contributed by atoms with van der Waals surface area (Å²) in [5, 5.41) is 0. The molecule has 0 fully saturated rings. The van der Waals surface area contributed by atoms with E-state index in [1.165, 1.54) is 99.8 Å². The Kier molecular flexibility index (Phi) is 11.0. The van der Waals surface area contributed by atoms with E-state index in [0.29, 0.717) is 0 Å². The maximum Gasteiger partial charge on any atom is -0.0635 e. The Hall–Kier alpha value is -2.18. The van der Waals surface area contributed by atoms with Crippen molar-refractivity contribution in [3.8, 4) is 11.1 Å². The van der Waals surface area contributed by atoms with Crippen LogP contribution in [0.25, 0.3) is 22.3 Å². The summed E-state index contributed by atoms with van der Waals surface area (Å²) < 4.78 is 1.46. The molecule has 0 unspecified atom stereocenters. The first-order valence-corrected chi connectivity index (χ1v) is 16.0. The number of rotatable bonds is 1. The minimum absolute atomic E-state index is 0. The van der Waals surface area contributed by atoms with Crippen molar-refractivity contribution in [1.82, 2.24) is 0 Å². The molecular formula is C40H42Cl2Zr-2. The Morgan fingerprint density at radius 3 is 1.84 bits per heavy atom. The summed E-state index contributed by atoms with van der Waals surface area (Å²) >= 11 is 1.51. The Morgan fingerprint density at radius 2 is 1.35 bits per heavy atom. The van der Waals surface area contributed by atoms with Crippen LogP contribution in [0.5, 0.6) is 0 Å². The van der Waals surface area contributed by atoms with Gasteiger partial charge in [-0.25, -0.2) is 17.2 Å². The van der Waals surface area contributed by atoms with Crippen molar-refractivity contribution in [1.29, 1.82) is 0 Å². The second kappa shape index (κ2) is 13.4. The normalized spacial score (nSPS) is 15.4. The van der Waals surface area contributed by atoms with Gasteiger partial charge in [-0.3, -0.25) is 6.08 Å². The Bertz CT molecular complexity index is 1610. The molecule has 0 nitrogen and oxygen atoms in total. The monoisotopic (exact) mass is 682 g/mol. The Morgan fingerprint density at radius 1 is 0.767 bits per heavy atom. The fraction of sp³-hybridized carbons (Fsp3) is 0.300. The molecule has 0 saturated carbocycles. The van der Waals surface area contributed by atoms with Gasteiger partial charge in [0.05, 0.1) is 0 Å². The molecule has 3 aliphatic carbocycles. The van der Waals surface area contributed by atoms with Gasteiger partial charge in [-0.05, 0) is 58.4 Å². The molecule has 222 valence electrons. The Balaban J connectivity index is 0.000000233. The molecule has 4 aromatic rings. The number of aryl methyl sites for hydroxylation is 2. The summed E-state index contributed by atoms with van der Waals surface area (Å²) in [6, 6.07) is 26.7. The van der Waals surface area contributed by atoms with E-state index in [2.05, 4.69) is 141 Å². The third-order valence-electron chi connectivity index (χ3n) is 8.70. The van der Waals surface area contributed by atoms with E-state index in [9.17, 15) is 0 Å². The molecule has 0 N–H and O–H groups in total. The van der Waals surface area contributed by atoms with Crippen molar-refractivity contribution >= 4 is 14.4 Å². The number of hydrogen-bond acceptors (Lipinski definition) is 0. The predicted octanol–water partition coefficient (Wildman–Crippen LogP) is 4.25. The van der Waals surface area contributed by atoms with Gasteiger partial charge in [-0.15, -0.1) is 11.6 Å². The first-order valence-electron chi connectivity index (χ1n) is 14.7. The molecule has 3 aliphatic rings. The number of fused-ring (bicyclic) bond motifs is 5. The zero-order chi connectivity index (χ0) is 29.7. The van der Waals surface area contributed by atoms with Crippen molar-refractivity contribution in [3.05, 3.63) is 135 Å². The summed E-state index contributed by atoms with van der Waals surface area (Å²) in [5.41, 5.74) is 18.6. The summed E-state index contributed by atoms with van der Waals surface area (Å²) in [6.45, 7) is 20.0. The van der Waals surface area contributed by atoms with Crippen molar-refractivity contribution in [2.45, 2.75) is 79.6 Å². The number of halogens is 2. The van der Waals surface area contributed by atoms with Crippen molar-refractivity contribution in [2.24, 2.45) is 0 Å².